The lowest BCUT2D eigenvalue weighted by Gasteiger charge is -2.37. The van der Waals surface area contributed by atoms with Crippen molar-refractivity contribution in [3.05, 3.63) is 12.7 Å². The number of allylic oxidation sites excluding steroid dienone is 1. The first-order valence-electron chi connectivity index (χ1n) is 8.29. The Morgan fingerprint density at radius 1 is 0.900 bits per heavy atom. The minimum atomic E-state index is 0. The van der Waals surface area contributed by atoms with Crippen LogP contribution in [0.5, 0.6) is 0 Å². The predicted octanol–water partition coefficient (Wildman–Crippen LogP) is 6.47. The van der Waals surface area contributed by atoms with Crippen molar-refractivity contribution >= 4 is 0 Å². The smallest absolute Gasteiger partial charge is 0.0236 e. The molecule has 0 spiro atoms. The summed E-state index contributed by atoms with van der Waals surface area (Å²) in [5.74, 6) is 4.05. The van der Waals surface area contributed by atoms with Gasteiger partial charge in [-0.15, -0.1) is 19.4 Å². The molecular formula is C20H36. The summed E-state index contributed by atoms with van der Waals surface area (Å²) in [7, 11) is 0. The van der Waals surface area contributed by atoms with E-state index in [1.807, 2.05) is 0 Å². The molecule has 0 aliphatic heterocycles. The molecule has 20 heavy (non-hydrogen) atoms. The Labute approximate surface area is 128 Å². The van der Waals surface area contributed by atoms with Crippen molar-refractivity contribution in [3.8, 4) is 12.8 Å². The fourth-order valence-electron chi connectivity index (χ4n) is 4.21. The van der Waals surface area contributed by atoms with Crippen molar-refractivity contribution < 1.29 is 0 Å². The van der Waals surface area contributed by atoms with Crippen molar-refractivity contribution in [1.29, 1.82) is 0 Å². The van der Waals surface area contributed by atoms with Crippen LogP contribution in [0.2, 0.25) is 0 Å². The van der Waals surface area contributed by atoms with Crippen molar-refractivity contribution in [2.24, 2.45) is 23.7 Å². The highest BCUT2D eigenvalue weighted by atomic mass is 14.3. The maximum atomic E-state index is 4.00. The Kier molecular flexibility index (Phi) is 10.6. The van der Waals surface area contributed by atoms with E-state index in [2.05, 4.69) is 32.4 Å². The Morgan fingerprint density at radius 2 is 1.35 bits per heavy atom. The lowest BCUT2D eigenvalue weighted by Crippen LogP contribution is -2.25. The third kappa shape index (κ3) is 5.74. The van der Waals surface area contributed by atoms with E-state index in [4.69, 9.17) is 0 Å². The van der Waals surface area contributed by atoms with Crippen LogP contribution < -0.4 is 0 Å². The first kappa shape index (κ1) is 19.3. The standard InChI is InChI=1S/C17H30.C2H2.CH4/c1-3-5-15-8-12-17(13-9-15)16-10-6-14(4-2)7-11-16;1-2;/h4,14-17H,2-3,5-13H2,1H3;1-2H;1H4. The van der Waals surface area contributed by atoms with E-state index < -0.39 is 0 Å². The van der Waals surface area contributed by atoms with E-state index in [9.17, 15) is 0 Å². The molecule has 116 valence electrons. The second-order valence-electron chi connectivity index (χ2n) is 6.48. The van der Waals surface area contributed by atoms with E-state index in [0.717, 1.165) is 23.7 Å². The number of rotatable bonds is 4. The fourth-order valence-corrected chi connectivity index (χ4v) is 4.21. The average Bonchev–Trinajstić information content (AvgIpc) is 2.51. The van der Waals surface area contributed by atoms with E-state index in [1.54, 1.807) is 0 Å². The van der Waals surface area contributed by atoms with Crippen LogP contribution in [0.1, 0.15) is 78.6 Å². The summed E-state index contributed by atoms with van der Waals surface area (Å²) in [4.78, 5) is 0. The van der Waals surface area contributed by atoms with Crippen molar-refractivity contribution in [2.45, 2.75) is 78.6 Å². The molecule has 0 nitrogen and oxygen atoms in total. The monoisotopic (exact) mass is 276 g/mol. The number of hydrogen-bond donors (Lipinski definition) is 0. The minimum Gasteiger partial charge on any atom is -0.124 e. The van der Waals surface area contributed by atoms with Crippen LogP contribution in [-0.4, -0.2) is 0 Å². The molecule has 2 aliphatic rings. The Morgan fingerprint density at radius 3 is 1.75 bits per heavy atom. The van der Waals surface area contributed by atoms with Gasteiger partial charge >= 0.3 is 0 Å². The molecule has 0 bridgehead atoms. The molecule has 0 saturated heterocycles. The summed E-state index contributed by atoms with van der Waals surface area (Å²) < 4.78 is 0. The molecule has 0 atom stereocenters. The Balaban J connectivity index is 0.00000115. The predicted molar refractivity (Wildman–Crippen MR) is 92.6 cm³/mol. The lowest BCUT2D eigenvalue weighted by molar-refractivity contribution is 0.152. The molecule has 0 aromatic carbocycles. The molecule has 0 heterocycles. The quantitative estimate of drug-likeness (QED) is 0.407. The molecular weight excluding hydrogens is 240 g/mol. The molecule has 0 amide bonds. The highest BCUT2D eigenvalue weighted by molar-refractivity contribution is 4.87. The van der Waals surface area contributed by atoms with E-state index >= 15 is 0 Å². The van der Waals surface area contributed by atoms with Gasteiger partial charge in [-0.05, 0) is 62.2 Å². The molecule has 0 heteroatoms. The third-order valence-corrected chi connectivity index (χ3v) is 5.40. The van der Waals surface area contributed by atoms with Gasteiger partial charge in [0.2, 0.25) is 0 Å². The molecule has 0 radical (unpaired) electrons. The fraction of sp³-hybridized carbons (Fsp3) is 0.800. The maximum Gasteiger partial charge on any atom is -0.0236 e. The van der Waals surface area contributed by atoms with Crippen LogP contribution in [0.4, 0.5) is 0 Å². The van der Waals surface area contributed by atoms with Crippen molar-refractivity contribution in [3.63, 3.8) is 0 Å². The van der Waals surface area contributed by atoms with Gasteiger partial charge in [-0.1, -0.05) is 46.1 Å². The Bertz CT molecular complexity index is 246. The summed E-state index contributed by atoms with van der Waals surface area (Å²) in [5.41, 5.74) is 0. The van der Waals surface area contributed by atoms with Crippen LogP contribution in [0.25, 0.3) is 0 Å². The first-order valence-corrected chi connectivity index (χ1v) is 8.29. The molecule has 0 N–H and O–H groups in total. The maximum absolute atomic E-state index is 4.00. The molecule has 0 unspecified atom stereocenters. The van der Waals surface area contributed by atoms with E-state index in [0.29, 0.717) is 0 Å². The number of hydrogen-bond acceptors (Lipinski definition) is 0. The molecule has 2 rings (SSSR count). The summed E-state index contributed by atoms with van der Waals surface area (Å²) in [5, 5.41) is 0. The topological polar surface area (TPSA) is 0 Å². The van der Waals surface area contributed by atoms with Crippen LogP contribution in [0.3, 0.4) is 0 Å². The first-order chi connectivity index (χ1) is 9.33. The van der Waals surface area contributed by atoms with Gasteiger partial charge in [0.05, 0.1) is 0 Å². The van der Waals surface area contributed by atoms with Gasteiger partial charge in [-0.25, -0.2) is 0 Å². The SMILES string of the molecule is C.C#C.C=CC1CCC(C2CCC(CCC)CC2)CC1. The van der Waals surface area contributed by atoms with Gasteiger partial charge < -0.3 is 0 Å². The molecule has 2 aliphatic carbocycles. The molecule has 2 saturated carbocycles. The summed E-state index contributed by atoms with van der Waals surface area (Å²) >= 11 is 0. The average molecular weight is 277 g/mol. The summed E-state index contributed by atoms with van der Waals surface area (Å²) in [6, 6.07) is 0. The molecule has 2 fully saturated rings. The highest BCUT2D eigenvalue weighted by Crippen LogP contribution is 2.42. The van der Waals surface area contributed by atoms with E-state index in [-0.39, 0.29) is 7.43 Å². The minimum absolute atomic E-state index is 0. The zero-order valence-corrected chi connectivity index (χ0v) is 12.8. The summed E-state index contributed by atoms with van der Waals surface area (Å²) in [6.07, 6.45) is 25.0. The van der Waals surface area contributed by atoms with Gasteiger partial charge in [0.1, 0.15) is 0 Å². The molecule has 0 aromatic rings. The van der Waals surface area contributed by atoms with Gasteiger partial charge in [-0.3, -0.25) is 0 Å². The summed E-state index contributed by atoms with van der Waals surface area (Å²) in [6.45, 7) is 6.29. The number of terminal acetylenes is 1. The second kappa shape index (κ2) is 11.0. The van der Waals surface area contributed by atoms with Crippen LogP contribution in [0.15, 0.2) is 12.7 Å². The zero-order valence-electron chi connectivity index (χ0n) is 12.8. The van der Waals surface area contributed by atoms with Crippen LogP contribution in [-0.2, 0) is 0 Å². The van der Waals surface area contributed by atoms with Gasteiger partial charge in [0.15, 0.2) is 0 Å². The second-order valence-corrected chi connectivity index (χ2v) is 6.48. The van der Waals surface area contributed by atoms with Gasteiger partial charge in [-0.2, -0.15) is 0 Å². The third-order valence-electron chi connectivity index (χ3n) is 5.40. The van der Waals surface area contributed by atoms with Gasteiger partial charge in [0, 0.05) is 0 Å². The van der Waals surface area contributed by atoms with Gasteiger partial charge in [0.25, 0.3) is 0 Å². The van der Waals surface area contributed by atoms with Crippen molar-refractivity contribution in [1.82, 2.24) is 0 Å². The van der Waals surface area contributed by atoms with E-state index in [1.165, 1.54) is 64.2 Å². The zero-order chi connectivity index (χ0) is 14.1. The molecule has 0 aromatic heterocycles. The largest absolute Gasteiger partial charge is 0.124 e. The lowest BCUT2D eigenvalue weighted by atomic mass is 9.69. The normalized spacial score (nSPS) is 33.1. The highest BCUT2D eigenvalue weighted by Gasteiger charge is 2.29. The van der Waals surface area contributed by atoms with Crippen LogP contribution >= 0.6 is 0 Å². The van der Waals surface area contributed by atoms with Crippen LogP contribution in [0, 0.1) is 36.5 Å². The Hall–Kier alpha value is -0.700. The van der Waals surface area contributed by atoms with Crippen molar-refractivity contribution in [2.75, 3.05) is 0 Å².